The number of esters is 1. The van der Waals surface area contributed by atoms with Crippen molar-refractivity contribution in [3.63, 3.8) is 0 Å². The molecule has 3 fully saturated rings. The lowest BCUT2D eigenvalue weighted by atomic mass is 9.89. The molecule has 1 aromatic heterocycles. The summed E-state index contributed by atoms with van der Waals surface area (Å²) in [5.74, 6) is -4.94. The van der Waals surface area contributed by atoms with Crippen molar-refractivity contribution in [3.05, 3.63) is 76.0 Å². The van der Waals surface area contributed by atoms with Crippen LogP contribution in [0.15, 0.2) is 63.8 Å². The molecule has 0 saturated carbocycles. The van der Waals surface area contributed by atoms with Gasteiger partial charge in [-0.1, -0.05) is 6.07 Å². The fourth-order valence-corrected chi connectivity index (χ4v) is 7.61. The van der Waals surface area contributed by atoms with Crippen LogP contribution in [0, 0.1) is 0 Å². The number of fused-ring (bicyclic) bond motifs is 1. The highest BCUT2D eigenvalue weighted by Crippen LogP contribution is 2.46. The molecular weight excluding hydrogens is 888 g/mol. The standard InChI is InChI=1S/C42H46O24/c43-11-24-32(53)36(57)40(66-27(50)6-2-14-1-4-20(16(46)7-14)62-41-37(58)34(55)30(51)25(12-44)64-41)39(61-24)29-19(49)10-23-28(33(29)54)18(48)9-22(60-23)15-3-5-21(17(47)8-15)63-42-38(59)35(56)31(52)26(13-45)65-42/h1-10,24-26,30-32,34-47,49,51-59H,11-13H2/b6-2+/t24?,25?,26?,30-,31-,32-,34?,35+,36+,37?,38?,39+,40?,41-,42-/m1/s1. The van der Waals surface area contributed by atoms with Crippen molar-refractivity contribution < 1.29 is 114 Å². The summed E-state index contributed by atoms with van der Waals surface area (Å²) in [5.41, 5.74) is -1.78. The van der Waals surface area contributed by atoms with E-state index in [9.17, 15) is 86.2 Å². The van der Waals surface area contributed by atoms with Crippen molar-refractivity contribution >= 4 is 23.0 Å². The minimum Gasteiger partial charge on any atom is -0.507 e. The maximum Gasteiger partial charge on any atom is 0.331 e. The number of aromatic hydroxyl groups is 4. The molecule has 0 spiro atoms. The van der Waals surface area contributed by atoms with Crippen molar-refractivity contribution in [2.24, 2.45) is 0 Å². The molecule has 0 aliphatic carbocycles. The Morgan fingerprint density at radius 1 is 0.606 bits per heavy atom. The molecule has 358 valence electrons. The summed E-state index contributed by atoms with van der Waals surface area (Å²) >= 11 is 0. The number of hydrogen-bond acceptors (Lipinski definition) is 24. The van der Waals surface area contributed by atoms with E-state index in [0.717, 1.165) is 36.4 Å². The van der Waals surface area contributed by atoms with Crippen LogP contribution < -0.4 is 14.9 Å². The van der Waals surface area contributed by atoms with Gasteiger partial charge < -0.3 is 109 Å². The van der Waals surface area contributed by atoms with Gasteiger partial charge in [0.05, 0.1) is 25.4 Å². The first-order valence-corrected chi connectivity index (χ1v) is 20.0. The lowest BCUT2D eigenvalue weighted by Gasteiger charge is -2.42. The first-order valence-electron chi connectivity index (χ1n) is 20.0. The van der Waals surface area contributed by atoms with Crippen LogP contribution in [0.2, 0.25) is 0 Å². The molecule has 3 aromatic carbocycles. The Labute approximate surface area is 370 Å². The number of phenolic OH excluding ortho intramolecular Hbond substituents is 4. The Kier molecular flexibility index (Phi) is 14.4. The molecule has 0 radical (unpaired) electrons. The predicted molar refractivity (Wildman–Crippen MR) is 215 cm³/mol. The number of hydrogen-bond donors (Lipinski definition) is 15. The normalized spacial score (nSPS) is 32.6. The lowest BCUT2D eigenvalue weighted by molar-refractivity contribution is -0.277. The van der Waals surface area contributed by atoms with Crippen LogP contribution in [-0.2, 0) is 23.7 Å². The van der Waals surface area contributed by atoms with Crippen LogP contribution in [-0.4, -0.2) is 188 Å². The van der Waals surface area contributed by atoms with Gasteiger partial charge in [-0.2, -0.15) is 0 Å². The van der Waals surface area contributed by atoms with E-state index < -0.39 is 163 Å². The number of carbonyl (C=O) groups excluding carboxylic acids is 1. The Bertz CT molecular complexity index is 2470. The Morgan fingerprint density at radius 3 is 1.68 bits per heavy atom. The van der Waals surface area contributed by atoms with Gasteiger partial charge in [-0.25, -0.2) is 4.79 Å². The Balaban J connectivity index is 1.10. The minimum atomic E-state index is -2.03. The maximum atomic E-state index is 13.6. The third-order valence-electron chi connectivity index (χ3n) is 11.2. The van der Waals surface area contributed by atoms with E-state index in [4.69, 9.17) is 32.8 Å². The fraction of sp³-hybridized carbons (Fsp3) is 0.429. The van der Waals surface area contributed by atoms with Gasteiger partial charge in [0.25, 0.3) is 0 Å². The molecule has 0 amide bonds. The van der Waals surface area contributed by atoms with Gasteiger partial charge in [-0.3, -0.25) is 4.79 Å². The molecular formula is C42H46O24. The summed E-state index contributed by atoms with van der Waals surface area (Å²) in [7, 11) is 0. The van der Waals surface area contributed by atoms with E-state index in [2.05, 4.69) is 0 Å². The first kappa shape index (κ1) is 48.3. The first-order chi connectivity index (χ1) is 31.4. The average Bonchev–Trinajstić information content (AvgIpc) is 3.29. The van der Waals surface area contributed by atoms with Crippen molar-refractivity contribution in [1.82, 2.24) is 0 Å². The fourth-order valence-electron chi connectivity index (χ4n) is 7.61. The number of phenols is 4. The maximum absolute atomic E-state index is 13.6. The number of benzene rings is 3. The average molecular weight is 935 g/mol. The molecule has 0 bridgehead atoms. The second-order valence-corrected chi connectivity index (χ2v) is 15.5. The Morgan fingerprint density at radius 2 is 1.14 bits per heavy atom. The predicted octanol–water partition coefficient (Wildman–Crippen LogP) is -3.58. The van der Waals surface area contributed by atoms with Gasteiger partial charge in [0.15, 0.2) is 34.5 Å². The van der Waals surface area contributed by atoms with E-state index in [1.54, 1.807) is 0 Å². The van der Waals surface area contributed by atoms with Gasteiger partial charge >= 0.3 is 5.97 Å². The quantitative estimate of drug-likeness (QED) is 0.0482. The van der Waals surface area contributed by atoms with E-state index >= 15 is 0 Å². The van der Waals surface area contributed by atoms with Gasteiger partial charge in [0.1, 0.15) is 101 Å². The van der Waals surface area contributed by atoms with Crippen LogP contribution in [0.4, 0.5) is 0 Å². The molecule has 24 heteroatoms. The van der Waals surface area contributed by atoms with Gasteiger partial charge in [0.2, 0.25) is 12.6 Å². The Hall–Kier alpha value is -5.68. The van der Waals surface area contributed by atoms with Gasteiger partial charge in [-0.05, 0) is 42.0 Å². The van der Waals surface area contributed by atoms with Crippen LogP contribution in [0.3, 0.4) is 0 Å². The van der Waals surface area contributed by atoms with Gasteiger partial charge in [0, 0.05) is 23.8 Å². The van der Waals surface area contributed by atoms with E-state index in [1.807, 2.05) is 0 Å². The second kappa shape index (κ2) is 19.7. The molecule has 15 atom stereocenters. The second-order valence-electron chi connectivity index (χ2n) is 15.5. The topological polar surface area (TPSA) is 406 Å². The third kappa shape index (κ3) is 9.33. The van der Waals surface area contributed by atoms with Crippen LogP contribution in [0.25, 0.3) is 28.4 Å². The summed E-state index contributed by atoms with van der Waals surface area (Å²) in [6.07, 6.45) is -23.6. The highest BCUT2D eigenvalue weighted by Gasteiger charge is 2.50. The molecule has 24 nitrogen and oxygen atoms in total. The summed E-state index contributed by atoms with van der Waals surface area (Å²) in [4.78, 5) is 26.8. The van der Waals surface area contributed by atoms with Crippen LogP contribution in [0.1, 0.15) is 17.2 Å². The number of ether oxygens (including phenoxy) is 6. The number of carbonyl (C=O) groups is 1. The van der Waals surface area contributed by atoms with E-state index in [0.29, 0.717) is 0 Å². The van der Waals surface area contributed by atoms with Gasteiger partial charge in [-0.15, -0.1) is 0 Å². The van der Waals surface area contributed by atoms with Crippen molar-refractivity contribution in [2.75, 3.05) is 19.8 Å². The number of rotatable bonds is 12. The molecule has 3 aliphatic rings. The monoisotopic (exact) mass is 934 g/mol. The zero-order chi connectivity index (χ0) is 47.9. The smallest absolute Gasteiger partial charge is 0.331 e. The summed E-state index contributed by atoms with van der Waals surface area (Å²) in [6, 6.07) is 8.94. The van der Waals surface area contributed by atoms with Crippen molar-refractivity contribution in [3.8, 4) is 45.8 Å². The zero-order valence-electron chi connectivity index (χ0n) is 33.9. The van der Waals surface area contributed by atoms with Crippen LogP contribution in [0.5, 0.6) is 34.5 Å². The molecule has 3 saturated heterocycles. The van der Waals surface area contributed by atoms with E-state index in [1.165, 1.54) is 24.3 Å². The molecule has 4 heterocycles. The van der Waals surface area contributed by atoms with Crippen molar-refractivity contribution in [1.29, 1.82) is 0 Å². The third-order valence-corrected chi connectivity index (χ3v) is 11.2. The molecule has 4 aromatic rings. The SMILES string of the molecule is O=C(/C=C/c1ccc(O[C@@H]2OC(CO)[C@@H](O)C(O)C2O)c(O)c1)OC1[C@@H](O)[C@H](O)C(CO)O[C@H]1c1c(O)cc2oc(-c3ccc(O[C@@H]4OC(CO)[C@@H](O)[C@H](O)C4O)c(O)c3)cc(=O)c2c1O. The summed E-state index contributed by atoms with van der Waals surface area (Å²) in [6.45, 7) is -2.37. The van der Waals surface area contributed by atoms with Crippen LogP contribution >= 0.6 is 0 Å². The number of aliphatic hydroxyl groups excluding tert-OH is 11. The summed E-state index contributed by atoms with van der Waals surface area (Å²) in [5, 5.41) is 155. The van der Waals surface area contributed by atoms with Crippen molar-refractivity contribution in [2.45, 2.75) is 91.9 Å². The molecule has 7 rings (SSSR count). The summed E-state index contributed by atoms with van der Waals surface area (Å²) < 4.78 is 38.4. The molecule has 66 heavy (non-hydrogen) atoms. The molecule has 15 N–H and O–H groups in total. The molecule has 7 unspecified atom stereocenters. The minimum absolute atomic E-state index is 0.0434. The molecule has 3 aliphatic heterocycles. The lowest BCUT2D eigenvalue weighted by Crippen LogP contribution is -2.60. The highest BCUT2D eigenvalue weighted by molar-refractivity contribution is 5.89. The number of aliphatic hydroxyl groups is 11. The zero-order valence-corrected chi connectivity index (χ0v) is 33.9. The van der Waals surface area contributed by atoms with E-state index in [-0.39, 0.29) is 28.4 Å². The largest absolute Gasteiger partial charge is 0.507 e. The highest BCUT2D eigenvalue weighted by atomic mass is 16.7.